The van der Waals surface area contributed by atoms with E-state index in [1.807, 2.05) is 145 Å². The molecule has 0 unspecified atom stereocenters. The SMILES string of the molecule is CN1[CH-]N(c2[c-]c(N3[CH-]N(c4c(-c5ccccc5)cc(C(F)(F)F)cc4-c4ccccc4)c4ccccc43)ccc2)c2ccccc21.[C-]#N.[Pt+4]. The molecule has 2 aliphatic heterocycles. The molecule has 2 heterocycles. The van der Waals surface area contributed by atoms with Gasteiger partial charge >= 0.3 is 27.2 Å². The summed E-state index contributed by atoms with van der Waals surface area (Å²) in [6.07, 6.45) is -4.53. The molecule has 0 saturated heterocycles. The van der Waals surface area contributed by atoms with Crippen LogP contribution in [0.3, 0.4) is 0 Å². The smallest absolute Gasteiger partial charge is 0.512 e. The number of anilines is 7. The number of fused-ring (bicyclic) bond motifs is 2. The minimum Gasteiger partial charge on any atom is -0.512 e. The molecule has 0 atom stereocenters. The van der Waals surface area contributed by atoms with Gasteiger partial charge in [0.05, 0.1) is 5.56 Å². The van der Waals surface area contributed by atoms with E-state index < -0.39 is 11.7 Å². The van der Waals surface area contributed by atoms with Crippen LogP contribution in [-0.2, 0) is 27.2 Å². The van der Waals surface area contributed by atoms with Crippen molar-refractivity contribution in [3.63, 3.8) is 0 Å². The van der Waals surface area contributed by atoms with Crippen molar-refractivity contribution in [1.82, 2.24) is 0 Å². The maximum Gasteiger partial charge on any atom is 4.00 e. The van der Waals surface area contributed by atoms with E-state index in [9.17, 15) is 13.2 Å². The molecule has 8 rings (SSSR count). The van der Waals surface area contributed by atoms with Gasteiger partial charge in [-0.2, -0.15) is 25.9 Å². The van der Waals surface area contributed by atoms with Crippen molar-refractivity contribution >= 4 is 39.8 Å². The molecule has 0 radical (unpaired) electrons. The van der Waals surface area contributed by atoms with Crippen molar-refractivity contribution in [3.05, 3.63) is 171 Å². The second kappa shape index (κ2) is 14.1. The average molecular weight is 843 g/mol. The molecule has 2 aliphatic rings. The number of halogens is 3. The van der Waals surface area contributed by atoms with Gasteiger partial charge in [0.1, 0.15) is 0 Å². The van der Waals surface area contributed by atoms with E-state index in [-0.39, 0.29) is 21.1 Å². The zero-order valence-corrected chi connectivity index (χ0v) is 28.9. The van der Waals surface area contributed by atoms with E-state index in [1.54, 1.807) is 0 Å². The molecule has 0 amide bonds. The molecule has 0 bridgehead atoms. The third-order valence-corrected chi connectivity index (χ3v) is 8.57. The quantitative estimate of drug-likeness (QED) is 0.162. The third-order valence-electron chi connectivity index (χ3n) is 8.57. The molecule has 6 aromatic carbocycles. The van der Waals surface area contributed by atoms with Crippen LogP contribution in [0.4, 0.5) is 53.0 Å². The van der Waals surface area contributed by atoms with Crippen LogP contribution in [0.1, 0.15) is 5.56 Å². The molecule has 248 valence electrons. The first kappa shape index (κ1) is 34.4. The number of benzene rings is 6. The maximum atomic E-state index is 14.5. The molecule has 0 aliphatic carbocycles. The number of hydrogen-bond donors (Lipinski definition) is 0. The van der Waals surface area contributed by atoms with Crippen molar-refractivity contribution in [2.24, 2.45) is 0 Å². The normalized spacial score (nSPS) is 13.2. The Morgan fingerprint density at radius 2 is 0.980 bits per heavy atom. The van der Waals surface area contributed by atoms with Crippen LogP contribution < -0.4 is 19.6 Å². The summed E-state index contributed by atoms with van der Waals surface area (Å²) in [5.74, 6) is 0. The second-order valence-corrected chi connectivity index (χ2v) is 11.5. The van der Waals surface area contributed by atoms with Crippen molar-refractivity contribution < 1.29 is 34.2 Å². The van der Waals surface area contributed by atoms with Crippen molar-refractivity contribution in [3.8, 4) is 22.3 Å². The number of rotatable bonds is 5. The van der Waals surface area contributed by atoms with Crippen LogP contribution >= 0.6 is 0 Å². The summed E-state index contributed by atoms with van der Waals surface area (Å²) in [5, 5.41) is 6.25. The minimum absolute atomic E-state index is 0. The fourth-order valence-electron chi connectivity index (χ4n) is 6.40. The predicted molar refractivity (Wildman–Crippen MR) is 189 cm³/mol. The number of nitrogens with zero attached hydrogens (tertiary/aromatic N) is 5. The Bertz CT molecular complexity index is 2080. The van der Waals surface area contributed by atoms with E-state index >= 15 is 0 Å². The molecule has 0 saturated carbocycles. The Hall–Kier alpha value is -5.51. The van der Waals surface area contributed by atoms with Gasteiger partial charge in [0.25, 0.3) is 0 Å². The van der Waals surface area contributed by atoms with E-state index in [2.05, 4.69) is 28.0 Å². The van der Waals surface area contributed by atoms with Gasteiger partial charge in [-0.1, -0.05) is 84.9 Å². The zero-order valence-electron chi connectivity index (χ0n) is 26.6. The zero-order chi connectivity index (χ0) is 34.1. The van der Waals surface area contributed by atoms with Crippen molar-refractivity contribution in [2.45, 2.75) is 6.18 Å². The summed E-state index contributed by atoms with van der Waals surface area (Å²) in [5.41, 5.74) is 7.86. The molecule has 50 heavy (non-hydrogen) atoms. The number of hydrogen-bond acceptors (Lipinski definition) is 5. The Kier molecular flexibility index (Phi) is 9.72. The van der Waals surface area contributed by atoms with Crippen LogP contribution in [-0.4, -0.2) is 7.05 Å². The van der Waals surface area contributed by atoms with E-state index in [0.717, 1.165) is 34.1 Å². The van der Waals surface area contributed by atoms with Gasteiger partial charge < -0.3 is 31.4 Å². The van der Waals surface area contributed by atoms with Crippen LogP contribution in [0.25, 0.3) is 22.3 Å². The summed E-state index contributed by atoms with van der Waals surface area (Å²) in [7, 11) is 2.02. The standard InChI is InChI=1S/C40H28F3N4.CN.Pt/c1-44-26-45(36-20-9-8-19-35(36)44)31-17-12-18-32(25-31)46-27-47(38-22-11-10-21-37(38)46)39-33(28-13-4-2-5-14-28)23-30(40(41,42)43)24-34(39)29-15-6-3-7-16-29;1-2;/h2-24,26-27H,1H3;;/q-3;-1;+4. The summed E-state index contributed by atoms with van der Waals surface area (Å²) in [6, 6.07) is 46.8. The fourth-order valence-corrected chi connectivity index (χ4v) is 6.40. The molecule has 5 nitrogen and oxygen atoms in total. The summed E-state index contributed by atoms with van der Waals surface area (Å²) in [4.78, 5) is 8.24. The first-order valence-corrected chi connectivity index (χ1v) is 15.5. The average Bonchev–Trinajstić information content (AvgIpc) is 3.70. The molecule has 0 N–H and O–H groups in total. The van der Waals surface area contributed by atoms with Crippen molar-refractivity contribution in [2.75, 3.05) is 26.6 Å². The van der Waals surface area contributed by atoms with Gasteiger partial charge in [0.2, 0.25) is 0 Å². The van der Waals surface area contributed by atoms with Crippen LogP contribution in [0.2, 0.25) is 0 Å². The second-order valence-electron chi connectivity index (χ2n) is 11.5. The Morgan fingerprint density at radius 3 is 1.48 bits per heavy atom. The van der Waals surface area contributed by atoms with Crippen LogP contribution in [0.15, 0.2) is 140 Å². The maximum absolute atomic E-state index is 14.5. The monoisotopic (exact) mass is 842 g/mol. The van der Waals surface area contributed by atoms with Gasteiger partial charge in [0, 0.05) is 39.6 Å². The van der Waals surface area contributed by atoms with Gasteiger partial charge in [-0.25, -0.2) is 0 Å². The summed E-state index contributed by atoms with van der Waals surface area (Å²) < 4.78 is 43.4. The molecular formula is C41H28F3N5Pt. The van der Waals surface area contributed by atoms with E-state index in [4.69, 9.17) is 11.8 Å². The van der Waals surface area contributed by atoms with E-state index in [0.29, 0.717) is 27.9 Å². The third kappa shape index (κ3) is 6.21. The molecule has 0 spiro atoms. The van der Waals surface area contributed by atoms with Gasteiger partial charge in [-0.05, 0) is 54.6 Å². The molecule has 0 fully saturated rings. The Labute approximate surface area is 304 Å². The molecule has 9 heteroatoms. The summed E-state index contributed by atoms with van der Waals surface area (Å²) >= 11 is 0. The first-order valence-electron chi connectivity index (χ1n) is 15.5. The molecule has 0 aromatic heterocycles. The molecular weight excluding hydrogens is 815 g/mol. The Balaban J connectivity index is 0.00000142. The Morgan fingerprint density at radius 1 is 0.560 bits per heavy atom. The fraction of sp³-hybridized carbons (Fsp3) is 0.0488. The largest absolute Gasteiger partial charge is 4.00 e. The topological polar surface area (TPSA) is 36.8 Å². The van der Waals surface area contributed by atoms with Gasteiger partial charge in [-0.3, -0.25) is 0 Å². The number of alkyl halides is 3. The summed E-state index contributed by atoms with van der Waals surface area (Å²) in [6.45, 7) is 8.74. The predicted octanol–water partition coefficient (Wildman–Crippen LogP) is 11.0. The minimum atomic E-state index is -4.53. The number of para-hydroxylation sites is 4. The van der Waals surface area contributed by atoms with Gasteiger partial charge in [0.15, 0.2) is 0 Å². The van der Waals surface area contributed by atoms with E-state index in [1.165, 1.54) is 12.1 Å². The molecule has 6 aromatic rings. The van der Waals surface area contributed by atoms with Crippen LogP contribution in [0, 0.1) is 31.2 Å². The van der Waals surface area contributed by atoms with Crippen LogP contribution in [0.5, 0.6) is 0 Å². The first-order chi connectivity index (χ1) is 23.9. The van der Waals surface area contributed by atoms with Gasteiger partial charge in [-0.15, -0.1) is 36.2 Å². The van der Waals surface area contributed by atoms with Crippen molar-refractivity contribution in [1.29, 1.82) is 5.26 Å².